The van der Waals surface area contributed by atoms with Gasteiger partial charge in [-0.3, -0.25) is 4.79 Å². The third-order valence-corrected chi connectivity index (χ3v) is 2.89. The van der Waals surface area contributed by atoms with E-state index in [1.165, 1.54) is 0 Å². The SMILES string of the molecule is CCc1cc(C(=O)Nc2cccc(C)n2)cc(NC)n1. The number of pyridine rings is 2. The van der Waals surface area contributed by atoms with Gasteiger partial charge in [-0.15, -0.1) is 0 Å². The van der Waals surface area contributed by atoms with Crippen molar-refractivity contribution in [2.75, 3.05) is 17.7 Å². The Labute approximate surface area is 118 Å². The van der Waals surface area contributed by atoms with E-state index in [0.717, 1.165) is 17.8 Å². The predicted molar refractivity (Wildman–Crippen MR) is 80.1 cm³/mol. The Morgan fingerprint density at radius 1 is 1.20 bits per heavy atom. The van der Waals surface area contributed by atoms with Crippen molar-refractivity contribution in [3.8, 4) is 0 Å². The van der Waals surface area contributed by atoms with E-state index in [1.54, 1.807) is 25.2 Å². The zero-order valence-corrected chi connectivity index (χ0v) is 11.9. The van der Waals surface area contributed by atoms with Crippen molar-refractivity contribution >= 4 is 17.5 Å². The van der Waals surface area contributed by atoms with Crippen LogP contribution in [0.4, 0.5) is 11.6 Å². The lowest BCUT2D eigenvalue weighted by Crippen LogP contribution is -2.14. The lowest BCUT2D eigenvalue weighted by atomic mass is 10.2. The van der Waals surface area contributed by atoms with Crippen LogP contribution in [0.5, 0.6) is 0 Å². The van der Waals surface area contributed by atoms with E-state index < -0.39 is 0 Å². The molecule has 0 bridgehead atoms. The number of carbonyl (C=O) groups excluding carboxylic acids is 1. The van der Waals surface area contributed by atoms with E-state index >= 15 is 0 Å². The third kappa shape index (κ3) is 3.32. The first kappa shape index (κ1) is 14.0. The van der Waals surface area contributed by atoms with Crippen molar-refractivity contribution < 1.29 is 4.79 Å². The van der Waals surface area contributed by atoms with Crippen molar-refractivity contribution in [2.45, 2.75) is 20.3 Å². The van der Waals surface area contributed by atoms with Gasteiger partial charge in [-0.25, -0.2) is 9.97 Å². The summed E-state index contributed by atoms with van der Waals surface area (Å²) in [6.07, 6.45) is 0.776. The second-order valence-corrected chi connectivity index (χ2v) is 4.45. The van der Waals surface area contributed by atoms with Crippen LogP contribution in [-0.2, 0) is 6.42 Å². The summed E-state index contributed by atoms with van der Waals surface area (Å²) in [4.78, 5) is 20.9. The second kappa shape index (κ2) is 6.14. The maximum Gasteiger partial charge on any atom is 0.257 e. The smallest absolute Gasteiger partial charge is 0.257 e. The molecule has 0 saturated carbocycles. The average molecular weight is 270 g/mol. The first-order valence-electron chi connectivity index (χ1n) is 6.56. The fraction of sp³-hybridized carbons (Fsp3) is 0.267. The van der Waals surface area contributed by atoms with Gasteiger partial charge in [0.05, 0.1) is 0 Å². The highest BCUT2D eigenvalue weighted by Gasteiger charge is 2.10. The molecule has 0 spiro atoms. The number of nitrogens with one attached hydrogen (secondary N) is 2. The Bertz CT molecular complexity index is 603. The standard InChI is InChI=1S/C15H18N4O/c1-4-12-8-11(9-14(16-3)18-12)15(20)19-13-7-5-6-10(2)17-13/h5-9H,4H2,1-3H3,(H,16,18)(H,17,19,20). The molecular weight excluding hydrogens is 252 g/mol. The van der Waals surface area contributed by atoms with Crippen molar-refractivity contribution in [1.29, 1.82) is 0 Å². The molecule has 104 valence electrons. The number of aryl methyl sites for hydroxylation is 2. The fourth-order valence-electron chi connectivity index (χ4n) is 1.83. The Morgan fingerprint density at radius 2 is 2.00 bits per heavy atom. The first-order chi connectivity index (χ1) is 9.62. The molecule has 0 aliphatic carbocycles. The summed E-state index contributed by atoms with van der Waals surface area (Å²) in [6.45, 7) is 3.89. The summed E-state index contributed by atoms with van der Waals surface area (Å²) < 4.78 is 0. The molecule has 0 atom stereocenters. The number of rotatable bonds is 4. The molecule has 0 aromatic carbocycles. The Morgan fingerprint density at radius 3 is 2.65 bits per heavy atom. The first-order valence-corrected chi connectivity index (χ1v) is 6.56. The summed E-state index contributed by atoms with van der Waals surface area (Å²) >= 11 is 0. The molecule has 2 N–H and O–H groups in total. The highest BCUT2D eigenvalue weighted by Crippen LogP contribution is 2.13. The number of hydrogen-bond acceptors (Lipinski definition) is 4. The van der Waals surface area contributed by atoms with E-state index in [4.69, 9.17) is 0 Å². The van der Waals surface area contributed by atoms with Gasteiger partial charge in [0, 0.05) is 24.0 Å². The Hall–Kier alpha value is -2.43. The molecule has 5 heteroatoms. The molecule has 0 fully saturated rings. The number of nitrogens with zero attached hydrogens (tertiary/aromatic N) is 2. The summed E-state index contributed by atoms with van der Waals surface area (Å²) in [7, 11) is 1.78. The molecule has 2 aromatic heterocycles. The van der Waals surface area contributed by atoms with Crippen molar-refractivity contribution in [2.24, 2.45) is 0 Å². The number of anilines is 2. The monoisotopic (exact) mass is 270 g/mol. The van der Waals surface area contributed by atoms with Gasteiger partial charge in [-0.1, -0.05) is 13.0 Å². The molecule has 0 aliphatic heterocycles. The van der Waals surface area contributed by atoms with E-state index in [-0.39, 0.29) is 5.91 Å². The zero-order chi connectivity index (χ0) is 14.5. The van der Waals surface area contributed by atoms with Gasteiger partial charge in [0.15, 0.2) is 0 Å². The van der Waals surface area contributed by atoms with Gasteiger partial charge in [-0.05, 0) is 37.6 Å². The fourth-order valence-corrected chi connectivity index (χ4v) is 1.83. The van der Waals surface area contributed by atoms with Crippen molar-refractivity contribution in [3.05, 3.63) is 47.3 Å². The van der Waals surface area contributed by atoms with Crippen LogP contribution in [0.3, 0.4) is 0 Å². The molecule has 2 rings (SSSR count). The third-order valence-electron chi connectivity index (χ3n) is 2.89. The molecule has 2 aromatic rings. The topological polar surface area (TPSA) is 66.9 Å². The van der Waals surface area contributed by atoms with Crippen LogP contribution < -0.4 is 10.6 Å². The second-order valence-electron chi connectivity index (χ2n) is 4.45. The Balaban J connectivity index is 2.24. The van der Waals surface area contributed by atoms with Crippen LogP contribution in [-0.4, -0.2) is 22.9 Å². The normalized spacial score (nSPS) is 10.2. The van der Waals surface area contributed by atoms with Gasteiger partial charge < -0.3 is 10.6 Å². The molecule has 2 heterocycles. The minimum absolute atomic E-state index is 0.184. The van der Waals surface area contributed by atoms with Crippen LogP contribution in [0.1, 0.15) is 28.7 Å². The van der Waals surface area contributed by atoms with E-state index in [0.29, 0.717) is 17.2 Å². The van der Waals surface area contributed by atoms with Gasteiger partial charge >= 0.3 is 0 Å². The maximum absolute atomic E-state index is 12.3. The highest BCUT2D eigenvalue weighted by atomic mass is 16.1. The summed E-state index contributed by atoms with van der Waals surface area (Å²) in [6, 6.07) is 9.04. The van der Waals surface area contributed by atoms with Crippen LogP contribution in [0.2, 0.25) is 0 Å². The summed E-state index contributed by atoms with van der Waals surface area (Å²) in [5, 5.41) is 5.76. The Kier molecular flexibility index (Phi) is 4.30. The number of hydrogen-bond donors (Lipinski definition) is 2. The minimum atomic E-state index is -0.184. The number of carbonyl (C=O) groups is 1. The number of amides is 1. The lowest BCUT2D eigenvalue weighted by Gasteiger charge is -2.08. The molecule has 0 saturated heterocycles. The van der Waals surface area contributed by atoms with Crippen LogP contribution in [0.25, 0.3) is 0 Å². The maximum atomic E-state index is 12.3. The van der Waals surface area contributed by atoms with Gasteiger partial charge in [-0.2, -0.15) is 0 Å². The lowest BCUT2D eigenvalue weighted by molar-refractivity contribution is 0.102. The van der Waals surface area contributed by atoms with Crippen LogP contribution in [0.15, 0.2) is 30.3 Å². The summed E-state index contributed by atoms with van der Waals surface area (Å²) in [5.74, 6) is 1.05. The van der Waals surface area contributed by atoms with Gasteiger partial charge in [0.1, 0.15) is 11.6 Å². The van der Waals surface area contributed by atoms with Crippen LogP contribution in [0, 0.1) is 6.92 Å². The molecular formula is C15H18N4O. The molecule has 20 heavy (non-hydrogen) atoms. The molecule has 0 radical (unpaired) electrons. The largest absolute Gasteiger partial charge is 0.373 e. The summed E-state index contributed by atoms with van der Waals surface area (Å²) in [5.41, 5.74) is 2.31. The zero-order valence-electron chi connectivity index (χ0n) is 11.9. The predicted octanol–water partition coefficient (Wildman–Crippen LogP) is 2.64. The molecule has 0 unspecified atom stereocenters. The molecule has 5 nitrogen and oxygen atoms in total. The minimum Gasteiger partial charge on any atom is -0.373 e. The quantitative estimate of drug-likeness (QED) is 0.896. The van der Waals surface area contributed by atoms with Crippen molar-refractivity contribution in [3.63, 3.8) is 0 Å². The van der Waals surface area contributed by atoms with Gasteiger partial charge in [0.2, 0.25) is 0 Å². The van der Waals surface area contributed by atoms with E-state index in [2.05, 4.69) is 20.6 Å². The highest BCUT2D eigenvalue weighted by molar-refractivity contribution is 6.04. The van der Waals surface area contributed by atoms with Gasteiger partial charge in [0.25, 0.3) is 5.91 Å². The molecule has 0 aliphatic rings. The van der Waals surface area contributed by atoms with E-state index in [9.17, 15) is 4.79 Å². The number of aromatic nitrogens is 2. The van der Waals surface area contributed by atoms with Crippen LogP contribution >= 0.6 is 0 Å². The molecule has 1 amide bonds. The van der Waals surface area contributed by atoms with Crippen molar-refractivity contribution in [1.82, 2.24) is 9.97 Å². The van der Waals surface area contributed by atoms with E-state index in [1.807, 2.05) is 26.0 Å². The average Bonchev–Trinajstić information content (AvgIpc) is 2.46.